The van der Waals surface area contributed by atoms with E-state index in [2.05, 4.69) is 38.1 Å². The van der Waals surface area contributed by atoms with E-state index in [4.69, 9.17) is 11.6 Å². The van der Waals surface area contributed by atoms with Gasteiger partial charge in [-0.1, -0.05) is 11.6 Å². The second-order valence-electron chi connectivity index (χ2n) is 4.28. The first-order valence-electron chi connectivity index (χ1n) is 5.78. The molecule has 0 aromatic carbocycles. The first kappa shape index (κ1) is 12.4. The van der Waals surface area contributed by atoms with Crippen molar-refractivity contribution in [3.63, 3.8) is 0 Å². The number of aryl methyl sites for hydroxylation is 1. The lowest BCUT2D eigenvalue weighted by Crippen LogP contribution is -2.09. The number of halogens is 1. The fraction of sp³-hybridized carbons (Fsp3) is 0.250. The number of nitrogens with zero attached hydrogens (tertiary/aromatic N) is 4. The van der Waals surface area contributed by atoms with E-state index in [0.29, 0.717) is 10.9 Å². The van der Waals surface area contributed by atoms with E-state index >= 15 is 0 Å². The van der Waals surface area contributed by atoms with Gasteiger partial charge in [0.15, 0.2) is 0 Å². The van der Waals surface area contributed by atoms with Gasteiger partial charge in [-0.3, -0.25) is 0 Å². The van der Waals surface area contributed by atoms with E-state index in [1.54, 1.807) is 15.9 Å². The Hall–Kier alpha value is -1.66. The van der Waals surface area contributed by atoms with E-state index in [9.17, 15) is 0 Å². The lowest BCUT2D eigenvalue weighted by molar-refractivity contribution is 0.914. The van der Waals surface area contributed by atoms with Crippen molar-refractivity contribution in [3.8, 4) is 0 Å². The molecule has 0 aliphatic carbocycles. The monoisotopic (exact) mass is 293 g/mol. The molecule has 3 aromatic rings. The van der Waals surface area contributed by atoms with Crippen molar-refractivity contribution in [1.82, 2.24) is 19.6 Å². The van der Waals surface area contributed by atoms with Crippen LogP contribution in [0.25, 0.3) is 5.78 Å². The highest BCUT2D eigenvalue weighted by Gasteiger charge is 2.12. The minimum Gasteiger partial charge on any atom is -0.365 e. The molecule has 0 aliphatic heterocycles. The van der Waals surface area contributed by atoms with Crippen LogP contribution >= 0.6 is 22.9 Å². The van der Waals surface area contributed by atoms with Gasteiger partial charge >= 0.3 is 0 Å². The molecule has 7 heteroatoms. The topological polar surface area (TPSA) is 55.1 Å². The van der Waals surface area contributed by atoms with Crippen molar-refractivity contribution in [3.05, 3.63) is 38.9 Å². The molecule has 5 nitrogen and oxygen atoms in total. The molecule has 1 N–H and O–H groups in total. The Bertz CT molecular complexity index is 733. The summed E-state index contributed by atoms with van der Waals surface area (Å²) in [5, 5.41) is 12.3. The number of thiophene rings is 1. The van der Waals surface area contributed by atoms with Crippen LogP contribution in [0.3, 0.4) is 0 Å². The van der Waals surface area contributed by atoms with Gasteiger partial charge in [0.1, 0.15) is 17.3 Å². The van der Waals surface area contributed by atoms with Crippen LogP contribution in [0, 0.1) is 13.8 Å². The van der Waals surface area contributed by atoms with Gasteiger partial charge in [-0.05, 0) is 35.7 Å². The molecule has 0 saturated heterocycles. The molecule has 0 aliphatic rings. The van der Waals surface area contributed by atoms with Crippen LogP contribution in [-0.4, -0.2) is 19.6 Å². The summed E-state index contributed by atoms with van der Waals surface area (Å²) >= 11 is 7.81. The summed E-state index contributed by atoms with van der Waals surface area (Å²) in [7, 11) is 0. The first-order valence-corrected chi connectivity index (χ1v) is 7.10. The third kappa shape index (κ3) is 2.17. The lowest BCUT2D eigenvalue weighted by atomic mass is 10.2. The smallest absolute Gasteiger partial charge is 0.255 e. The molecule has 0 saturated carbocycles. The lowest BCUT2D eigenvalue weighted by Gasteiger charge is -2.11. The summed E-state index contributed by atoms with van der Waals surface area (Å²) < 4.78 is 1.67. The Kier molecular flexibility index (Phi) is 3.12. The third-order valence-corrected chi connectivity index (χ3v) is 4.29. The first-order chi connectivity index (χ1) is 9.16. The van der Waals surface area contributed by atoms with Crippen molar-refractivity contribution in [2.24, 2.45) is 0 Å². The molecule has 3 heterocycles. The average molecular weight is 294 g/mol. The van der Waals surface area contributed by atoms with Crippen LogP contribution < -0.4 is 5.32 Å². The number of fused-ring (bicyclic) bond motifs is 1. The zero-order valence-corrected chi connectivity index (χ0v) is 12.1. The van der Waals surface area contributed by atoms with Gasteiger partial charge in [0.05, 0.1) is 0 Å². The van der Waals surface area contributed by atoms with E-state index in [1.165, 1.54) is 17.5 Å². The maximum atomic E-state index is 6.11. The van der Waals surface area contributed by atoms with Crippen molar-refractivity contribution in [1.29, 1.82) is 0 Å². The maximum Gasteiger partial charge on any atom is 0.255 e. The van der Waals surface area contributed by atoms with Crippen LogP contribution in [0.15, 0.2) is 17.1 Å². The molecule has 0 bridgehead atoms. The van der Waals surface area contributed by atoms with Gasteiger partial charge in [-0.15, -0.1) is 0 Å². The Balaban J connectivity index is 1.98. The highest BCUT2D eigenvalue weighted by Crippen LogP contribution is 2.23. The number of nitrogens with one attached hydrogen (secondary N) is 1. The number of hydrogen-bond acceptors (Lipinski definition) is 5. The second kappa shape index (κ2) is 4.79. The standard InChI is InChI=1S/C12H12ClN5S/c1-7-4-19-5-9(7)3-14-11-8(2)10(13)17-12-15-6-16-18(11)12/h4-6,14H,3H2,1-2H3. The largest absolute Gasteiger partial charge is 0.365 e. The summed E-state index contributed by atoms with van der Waals surface area (Å²) in [6.45, 7) is 4.75. The van der Waals surface area contributed by atoms with E-state index in [1.807, 2.05) is 6.92 Å². The fourth-order valence-electron chi connectivity index (χ4n) is 1.85. The minimum atomic E-state index is 0.449. The molecule has 0 amide bonds. The van der Waals surface area contributed by atoms with Gasteiger partial charge in [0.2, 0.25) is 0 Å². The molecule has 3 rings (SSSR count). The molecule has 3 aromatic heterocycles. The normalized spacial score (nSPS) is 11.1. The summed E-state index contributed by atoms with van der Waals surface area (Å²) in [5.74, 6) is 1.33. The second-order valence-corrected chi connectivity index (χ2v) is 5.38. The molecule has 0 atom stereocenters. The number of rotatable bonds is 3. The predicted octanol–water partition coefficient (Wildman–Crippen LogP) is 3.07. The number of hydrogen-bond donors (Lipinski definition) is 1. The number of aromatic nitrogens is 4. The Morgan fingerprint density at radius 1 is 1.37 bits per heavy atom. The van der Waals surface area contributed by atoms with Gasteiger partial charge in [-0.2, -0.15) is 30.9 Å². The Morgan fingerprint density at radius 3 is 2.95 bits per heavy atom. The SMILES string of the molecule is Cc1cscc1CNc1c(C)c(Cl)nc2ncnn12. The third-order valence-electron chi connectivity index (χ3n) is 3.01. The van der Waals surface area contributed by atoms with Crippen molar-refractivity contribution in [2.45, 2.75) is 20.4 Å². The zero-order chi connectivity index (χ0) is 13.4. The summed E-state index contributed by atoms with van der Waals surface area (Å²) in [6, 6.07) is 0. The minimum absolute atomic E-state index is 0.449. The van der Waals surface area contributed by atoms with Gasteiger partial charge < -0.3 is 5.32 Å². The predicted molar refractivity (Wildman–Crippen MR) is 76.9 cm³/mol. The zero-order valence-electron chi connectivity index (χ0n) is 10.5. The Labute approximate surface area is 119 Å². The molecular weight excluding hydrogens is 282 g/mol. The maximum absolute atomic E-state index is 6.11. The van der Waals surface area contributed by atoms with E-state index in [-0.39, 0.29) is 0 Å². The fourth-order valence-corrected chi connectivity index (χ4v) is 2.87. The van der Waals surface area contributed by atoms with Crippen LogP contribution in [-0.2, 0) is 6.54 Å². The molecule has 19 heavy (non-hydrogen) atoms. The molecule has 0 radical (unpaired) electrons. The van der Waals surface area contributed by atoms with E-state index < -0.39 is 0 Å². The van der Waals surface area contributed by atoms with Crippen molar-refractivity contribution in [2.75, 3.05) is 5.32 Å². The van der Waals surface area contributed by atoms with Crippen molar-refractivity contribution >= 4 is 34.5 Å². The molecule has 0 spiro atoms. The van der Waals surface area contributed by atoms with Crippen LogP contribution in [0.5, 0.6) is 0 Å². The van der Waals surface area contributed by atoms with Crippen molar-refractivity contribution < 1.29 is 0 Å². The number of anilines is 1. The van der Waals surface area contributed by atoms with Crippen LogP contribution in [0.4, 0.5) is 5.82 Å². The van der Waals surface area contributed by atoms with Gasteiger partial charge in [-0.25, -0.2) is 0 Å². The molecule has 0 unspecified atom stereocenters. The van der Waals surface area contributed by atoms with Gasteiger partial charge in [0.25, 0.3) is 5.78 Å². The highest BCUT2D eigenvalue weighted by molar-refractivity contribution is 7.08. The van der Waals surface area contributed by atoms with Gasteiger partial charge in [0, 0.05) is 12.1 Å². The quantitative estimate of drug-likeness (QED) is 0.754. The molecule has 0 fully saturated rings. The highest BCUT2D eigenvalue weighted by atomic mass is 35.5. The van der Waals surface area contributed by atoms with Crippen LogP contribution in [0.1, 0.15) is 16.7 Å². The Morgan fingerprint density at radius 2 is 2.21 bits per heavy atom. The molecular formula is C12H12ClN5S. The molecule has 98 valence electrons. The summed E-state index contributed by atoms with van der Waals surface area (Å²) in [6.07, 6.45) is 1.47. The summed E-state index contributed by atoms with van der Waals surface area (Å²) in [4.78, 5) is 8.24. The van der Waals surface area contributed by atoms with Crippen LogP contribution in [0.2, 0.25) is 5.15 Å². The summed E-state index contributed by atoms with van der Waals surface area (Å²) in [5.41, 5.74) is 3.42. The van der Waals surface area contributed by atoms with E-state index in [0.717, 1.165) is 17.9 Å². The average Bonchev–Trinajstić information content (AvgIpc) is 2.99.